The first kappa shape index (κ1) is 21.6. The molecule has 3 rings (SSSR count). The molecule has 2 heterocycles. The number of halogens is 1. The molecule has 1 aromatic heterocycles. The van der Waals surface area contributed by atoms with E-state index in [0.29, 0.717) is 38.3 Å². The van der Waals surface area contributed by atoms with Crippen LogP contribution in [0.4, 0.5) is 9.18 Å². The highest BCUT2D eigenvalue weighted by atomic mass is 32.2. The molecule has 1 aliphatic carbocycles. The maximum absolute atomic E-state index is 13.9. The number of unbranched alkanes of at least 4 members (excludes halogenated alkanes) is 2. The summed E-state index contributed by atoms with van der Waals surface area (Å²) < 4.78 is 49.3. The molecule has 0 spiro atoms. The van der Waals surface area contributed by atoms with Crippen LogP contribution in [0.3, 0.4) is 0 Å². The van der Waals surface area contributed by atoms with Gasteiger partial charge in [-0.2, -0.15) is 4.39 Å². The lowest BCUT2D eigenvalue weighted by molar-refractivity contribution is -0.118. The van der Waals surface area contributed by atoms with Crippen molar-refractivity contribution < 1.29 is 31.6 Å². The minimum atomic E-state index is -3.34. The van der Waals surface area contributed by atoms with Gasteiger partial charge in [0.2, 0.25) is 11.7 Å². The molecule has 1 atom stereocenters. The van der Waals surface area contributed by atoms with Gasteiger partial charge in [-0.05, 0) is 31.6 Å². The molecule has 2 aliphatic rings. The fraction of sp³-hybridized carbons (Fsp3) is 0.684. The van der Waals surface area contributed by atoms with E-state index in [1.165, 1.54) is 11.0 Å². The number of nitrogens with zero attached hydrogens (tertiary/aromatic N) is 1. The third-order valence-corrected chi connectivity index (χ3v) is 6.98. The average molecular weight is 430 g/mol. The van der Waals surface area contributed by atoms with Crippen molar-refractivity contribution in [2.45, 2.75) is 44.9 Å². The van der Waals surface area contributed by atoms with Crippen LogP contribution < -0.4 is 10.1 Å². The lowest BCUT2D eigenvalue weighted by atomic mass is 10.1. The molecule has 162 valence electrons. The Morgan fingerprint density at radius 2 is 2.07 bits per heavy atom. The van der Waals surface area contributed by atoms with Gasteiger partial charge in [-0.1, -0.05) is 13.3 Å². The van der Waals surface area contributed by atoms with E-state index in [2.05, 4.69) is 5.32 Å². The molecule has 0 aromatic carbocycles. The quantitative estimate of drug-likeness (QED) is 0.403. The molecule has 3 amide bonds. The van der Waals surface area contributed by atoms with E-state index in [9.17, 15) is 22.4 Å². The molecule has 1 N–H and O–H groups in total. The highest BCUT2D eigenvalue weighted by Crippen LogP contribution is 2.32. The maximum Gasteiger partial charge on any atom is 0.324 e. The third kappa shape index (κ3) is 6.45. The summed E-state index contributed by atoms with van der Waals surface area (Å²) in [5.41, 5.74) is 0. The topological polar surface area (TPSA) is 106 Å². The van der Waals surface area contributed by atoms with E-state index >= 15 is 0 Å². The van der Waals surface area contributed by atoms with Crippen LogP contribution in [-0.2, 0) is 14.6 Å². The van der Waals surface area contributed by atoms with Crippen LogP contribution in [0.25, 0.3) is 0 Å². The Morgan fingerprint density at radius 3 is 2.72 bits per heavy atom. The molecule has 0 bridgehead atoms. The monoisotopic (exact) mass is 430 g/mol. The highest BCUT2D eigenvalue weighted by molar-refractivity contribution is 7.91. The van der Waals surface area contributed by atoms with Crippen LogP contribution in [0.15, 0.2) is 10.5 Å². The predicted molar refractivity (Wildman–Crippen MR) is 103 cm³/mol. The molecular formula is C19H27FN2O6S. The number of rotatable bonds is 12. The third-order valence-electron chi connectivity index (χ3n) is 5.06. The van der Waals surface area contributed by atoms with Gasteiger partial charge in [-0.25, -0.2) is 13.2 Å². The van der Waals surface area contributed by atoms with Crippen molar-refractivity contribution in [3.05, 3.63) is 17.6 Å². The van der Waals surface area contributed by atoms with Gasteiger partial charge in [-0.15, -0.1) is 0 Å². The fourth-order valence-corrected chi connectivity index (χ4v) is 4.94. The molecule has 8 nitrogen and oxygen atoms in total. The second kappa shape index (κ2) is 9.15. The number of carbonyl (C=O) groups excluding carboxylic acids is 2. The molecule has 1 saturated carbocycles. The molecule has 0 unspecified atom stereocenters. The summed E-state index contributed by atoms with van der Waals surface area (Å²) in [5.74, 6) is -0.964. The number of hydrogen-bond acceptors (Lipinski definition) is 6. The molecule has 1 aliphatic heterocycles. The Balaban J connectivity index is 1.38. The molecule has 29 heavy (non-hydrogen) atoms. The summed E-state index contributed by atoms with van der Waals surface area (Å²) >= 11 is 0. The zero-order chi connectivity index (χ0) is 21.0. The van der Waals surface area contributed by atoms with Gasteiger partial charge in [0.15, 0.2) is 9.84 Å². The number of sulfone groups is 1. The van der Waals surface area contributed by atoms with Gasteiger partial charge in [0.25, 0.3) is 0 Å². The van der Waals surface area contributed by atoms with Crippen LogP contribution in [0.1, 0.15) is 50.7 Å². The number of ether oxygens (including phenoxy) is 1. The normalized spacial score (nSPS) is 18.2. The summed E-state index contributed by atoms with van der Waals surface area (Å²) in [6.07, 6.45) is 3.86. The Bertz CT molecular complexity index is 849. The number of hydrogen-bond donors (Lipinski definition) is 1. The van der Waals surface area contributed by atoms with Crippen molar-refractivity contribution in [1.29, 1.82) is 0 Å². The number of urea groups is 1. The maximum atomic E-state index is 13.9. The number of amides is 3. The molecule has 2 fully saturated rings. The van der Waals surface area contributed by atoms with Crippen molar-refractivity contribution in [3.63, 3.8) is 0 Å². The first-order chi connectivity index (χ1) is 13.7. The van der Waals surface area contributed by atoms with Gasteiger partial charge < -0.3 is 14.1 Å². The fourth-order valence-electron chi connectivity index (χ4n) is 3.20. The van der Waals surface area contributed by atoms with Gasteiger partial charge in [0, 0.05) is 18.5 Å². The molecule has 1 aromatic rings. The van der Waals surface area contributed by atoms with Crippen molar-refractivity contribution in [3.8, 4) is 5.95 Å². The number of carbonyl (C=O) groups is 2. The average Bonchev–Trinajstić information content (AvgIpc) is 3.31. The Hall–Kier alpha value is -2.10. The van der Waals surface area contributed by atoms with Crippen LogP contribution in [0, 0.1) is 11.7 Å². The minimum absolute atomic E-state index is 0.0106. The summed E-state index contributed by atoms with van der Waals surface area (Å²) in [4.78, 5) is 23.9. The van der Waals surface area contributed by atoms with Gasteiger partial charge in [0.05, 0.1) is 18.1 Å². The lowest BCUT2D eigenvalue weighted by Gasteiger charge is -2.13. The number of furan rings is 1. The Labute approximate surface area is 169 Å². The van der Waals surface area contributed by atoms with Crippen LogP contribution in [0.2, 0.25) is 0 Å². The van der Waals surface area contributed by atoms with E-state index in [-0.39, 0.29) is 35.7 Å². The Kier molecular flexibility index (Phi) is 6.81. The number of imide groups is 1. The SMILES string of the molecule is C[C@@H](CS(=O)(=O)CCCCCN1CC(=O)NC1=O)c1cc(F)c(OCC2CC2)o1. The van der Waals surface area contributed by atoms with E-state index in [1.54, 1.807) is 6.92 Å². The van der Waals surface area contributed by atoms with Crippen LogP contribution in [0.5, 0.6) is 5.95 Å². The van der Waals surface area contributed by atoms with Crippen molar-refractivity contribution in [2.24, 2.45) is 5.92 Å². The number of nitrogens with one attached hydrogen (secondary N) is 1. The summed E-state index contributed by atoms with van der Waals surface area (Å²) in [7, 11) is -3.34. The zero-order valence-corrected chi connectivity index (χ0v) is 17.3. The largest absolute Gasteiger partial charge is 0.463 e. The van der Waals surface area contributed by atoms with Gasteiger partial charge >= 0.3 is 12.0 Å². The van der Waals surface area contributed by atoms with Crippen LogP contribution >= 0.6 is 0 Å². The second-order valence-corrected chi connectivity index (χ2v) is 10.1. The first-order valence-electron chi connectivity index (χ1n) is 9.94. The molecule has 1 saturated heterocycles. The standard InChI is InChI=1S/C19H27FN2O6S/c1-13(16-9-15(20)18(28-16)27-11-14-5-6-14)12-29(25,26)8-4-2-3-7-22-10-17(23)21-19(22)24/h9,13-14H,2-8,10-12H2,1H3,(H,21,23,24)/t13-/m0/s1. The smallest absolute Gasteiger partial charge is 0.324 e. The highest BCUT2D eigenvalue weighted by Gasteiger charge is 2.27. The van der Waals surface area contributed by atoms with E-state index in [0.717, 1.165) is 12.8 Å². The van der Waals surface area contributed by atoms with E-state index in [1.807, 2.05) is 0 Å². The summed E-state index contributed by atoms with van der Waals surface area (Å²) in [5, 5.41) is 2.20. The molecule has 0 radical (unpaired) electrons. The van der Waals surface area contributed by atoms with E-state index in [4.69, 9.17) is 9.15 Å². The summed E-state index contributed by atoms with van der Waals surface area (Å²) in [6.45, 7) is 2.58. The van der Waals surface area contributed by atoms with Crippen molar-refractivity contribution in [2.75, 3.05) is 31.2 Å². The predicted octanol–water partition coefficient (Wildman–Crippen LogP) is 2.45. The minimum Gasteiger partial charge on any atom is -0.463 e. The van der Waals surface area contributed by atoms with E-state index < -0.39 is 27.6 Å². The second-order valence-electron chi connectivity index (χ2n) is 7.89. The molecule has 10 heteroatoms. The van der Waals surface area contributed by atoms with Crippen molar-refractivity contribution in [1.82, 2.24) is 10.2 Å². The van der Waals surface area contributed by atoms with Gasteiger partial charge in [0.1, 0.15) is 12.3 Å². The first-order valence-corrected chi connectivity index (χ1v) is 11.8. The van der Waals surface area contributed by atoms with Gasteiger partial charge in [-0.3, -0.25) is 10.1 Å². The van der Waals surface area contributed by atoms with Crippen molar-refractivity contribution >= 4 is 21.8 Å². The molecular weight excluding hydrogens is 403 g/mol. The zero-order valence-electron chi connectivity index (χ0n) is 16.5. The van der Waals surface area contributed by atoms with Crippen LogP contribution in [-0.4, -0.2) is 56.5 Å². The lowest BCUT2D eigenvalue weighted by Crippen LogP contribution is -2.29. The summed E-state index contributed by atoms with van der Waals surface area (Å²) in [6, 6.07) is 0.799. The Morgan fingerprint density at radius 1 is 1.31 bits per heavy atom.